The van der Waals surface area contributed by atoms with Gasteiger partial charge in [-0.25, -0.2) is 9.18 Å². The number of halogens is 1. The molecule has 2 amide bonds. The van der Waals surface area contributed by atoms with E-state index >= 15 is 0 Å². The Morgan fingerprint density at radius 2 is 2.00 bits per heavy atom. The van der Waals surface area contributed by atoms with Gasteiger partial charge in [-0.15, -0.1) is 0 Å². The average molecular weight is 352 g/mol. The number of ether oxygens (including phenoxy) is 1. The minimum Gasteiger partial charge on any atom is -0.478 e. The van der Waals surface area contributed by atoms with Gasteiger partial charge in [0.25, 0.3) is 5.91 Å². The standard InChI is InChI=1S/C17H21FN2O5/c1-25-9-6-15(21)20-7-4-12(5-8-20)19-16(22)13-3-2-11(17(23)24)10-14(13)18/h2-3,10,12H,4-9H2,1H3,(H,19,22)(H,23,24). The number of rotatable bonds is 6. The fraction of sp³-hybridized carbons (Fsp3) is 0.471. The number of carboxylic acid groups (broad SMARTS) is 1. The Bertz CT molecular complexity index is 656. The van der Waals surface area contributed by atoms with E-state index in [1.54, 1.807) is 4.90 Å². The van der Waals surface area contributed by atoms with E-state index in [4.69, 9.17) is 9.84 Å². The zero-order valence-electron chi connectivity index (χ0n) is 14.0. The van der Waals surface area contributed by atoms with Crippen molar-refractivity contribution in [1.29, 1.82) is 0 Å². The summed E-state index contributed by atoms with van der Waals surface area (Å²) in [4.78, 5) is 36.6. The molecule has 1 saturated heterocycles. The Hall–Kier alpha value is -2.48. The van der Waals surface area contributed by atoms with Gasteiger partial charge in [0.15, 0.2) is 0 Å². The molecule has 0 atom stereocenters. The van der Waals surface area contributed by atoms with E-state index < -0.39 is 17.7 Å². The van der Waals surface area contributed by atoms with Gasteiger partial charge < -0.3 is 20.1 Å². The highest BCUT2D eigenvalue weighted by Crippen LogP contribution is 2.15. The Kier molecular flexibility index (Phi) is 6.46. The highest BCUT2D eigenvalue weighted by molar-refractivity contribution is 5.96. The number of nitrogens with zero attached hydrogens (tertiary/aromatic N) is 1. The molecule has 1 heterocycles. The van der Waals surface area contributed by atoms with Crippen LogP contribution in [0.15, 0.2) is 18.2 Å². The molecule has 2 N–H and O–H groups in total. The summed E-state index contributed by atoms with van der Waals surface area (Å²) in [6.45, 7) is 1.42. The molecule has 8 heteroatoms. The number of hydrogen-bond acceptors (Lipinski definition) is 4. The number of likely N-dealkylation sites (tertiary alicyclic amines) is 1. The van der Waals surface area contributed by atoms with Crippen LogP contribution in [0.5, 0.6) is 0 Å². The van der Waals surface area contributed by atoms with Crippen molar-refractivity contribution >= 4 is 17.8 Å². The minimum atomic E-state index is -1.25. The summed E-state index contributed by atoms with van der Waals surface area (Å²) < 4.78 is 18.8. The van der Waals surface area contributed by atoms with E-state index in [9.17, 15) is 18.8 Å². The van der Waals surface area contributed by atoms with Crippen molar-refractivity contribution in [2.45, 2.75) is 25.3 Å². The lowest BCUT2D eigenvalue weighted by Crippen LogP contribution is -2.46. The van der Waals surface area contributed by atoms with Crippen molar-refractivity contribution in [3.63, 3.8) is 0 Å². The van der Waals surface area contributed by atoms with Crippen LogP contribution in [0.3, 0.4) is 0 Å². The summed E-state index contributed by atoms with van der Waals surface area (Å²) >= 11 is 0. The summed E-state index contributed by atoms with van der Waals surface area (Å²) in [7, 11) is 1.54. The summed E-state index contributed by atoms with van der Waals surface area (Å²) in [5, 5.41) is 11.6. The second-order valence-corrected chi connectivity index (χ2v) is 5.87. The number of hydrogen-bond donors (Lipinski definition) is 2. The second kappa shape index (κ2) is 8.57. The molecule has 1 aliphatic rings. The Morgan fingerprint density at radius 1 is 1.32 bits per heavy atom. The van der Waals surface area contributed by atoms with Crippen LogP contribution in [-0.2, 0) is 9.53 Å². The highest BCUT2D eigenvalue weighted by Gasteiger charge is 2.24. The van der Waals surface area contributed by atoms with Crippen molar-refractivity contribution in [2.24, 2.45) is 0 Å². The predicted octanol–water partition coefficient (Wildman–Crippen LogP) is 1.28. The van der Waals surface area contributed by atoms with Crippen molar-refractivity contribution in [3.05, 3.63) is 35.1 Å². The van der Waals surface area contributed by atoms with Crippen molar-refractivity contribution in [2.75, 3.05) is 26.8 Å². The lowest BCUT2D eigenvalue weighted by atomic mass is 10.0. The largest absolute Gasteiger partial charge is 0.478 e. The molecular formula is C17H21FN2O5. The number of methoxy groups -OCH3 is 1. The smallest absolute Gasteiger partial charge is 0.335 e. The Labute approximate surface area is 144 Å². The van der Waals surface area contributed by atoms with Crippen LogP contribution in [-0.4, -0.2) is 60.6 Å². The van der Waals surface area contributed by atoms with Crippen molar-refractivity contribution < 1.29 is 28.6 Å². The average Bonchev–Trinajstić information content (AvgIpc) is 2.60. The van der Waals surface area contributed by atoms with E-state index in [-0.39, 0.29) is 23.1 Å². The normalized spacial score (nSPS) is 15.0. The zero-order chi connectivity index (χ0) is 18.4. The first kappa shape index (κ1) is 18.9. The molecule has 2 rings (SSSR count). The first-order chi connectivity index (χ1) is 11.9. The van der Waals surface area contributed by atoms with Gasteiger partial charge in [0.2, 0.25) is 5.91 Å². The number of aromatic carboxylic acids is 1. The van der Waals surface area contributed by atoms with Gasteiger partial charge in [0.1, 0.15) is 5.82 Å². The van der Waals surface area contributed by atoms with Gasteiger partial charge in [0, 0.05) is 26.2 Å². The van der Waals surface area contributed by atoms with Gasteiger partial charge >= 0.3 is 5.97 Å². The van der Waals surface area contributed by atoms with Crippen molar-refractivity contribution in [3.8, 4) is 0 Å². The van der Waals surface area contributed by atoms with E-state index in [1.807, 2.05) is 0 Å². The molecular weight excluding hydrogens is 331 g/mol. The molecule has 0 aliphatic carbocycles. The Morgan fingerprint density at radius 3 is 2.56 bits per heavy atom. The van der Waals surface area contributed by atoms with Crippen LogP contribution in [0.2, 0.25) is 0 Å². The van der Waals surface area contributed by atoms with Crippen LogP contribution in [0, 0.1) is 5.82 Å². The predicted molar refractivity (Wildman–Crippen MR) is 86.9 cm³/mol. The van der Waals surface area contributed by atoms with Crippen LogP contribution < -0.4 is 5.32 Å². The molecule has 1 fully saturated rings. The first-order valence-corrected chi connectivity index (χ1v) is 8.02. The molecule has 0 bridgehead atoms. The van der Waals surface area contributed by atoms with E-state index in [0.717, 1.165) is 12.1 Å². The molecule has 0 unspecified atom stereocenters. The van der Waals surface area contributed by atoms with E-state index in [1.165, 1.54) is 13.2 Å². The second-order valence-electron chi connectivity index (χ2n) is 5.87. The number of carboxylic acids is 1. The lowest BCUT2D eigenvalue weighted by molar-refractivity contribution is -0.133. The van der Waals surface area contributed by atoms with E-state index in [0.29, 0.717) is 39.0 Å². The quantitative estimate of drug-likeness (QED) is 0.804. The third kappa shape index (κ3) is 4.99. The number of piperidine rings is 1. The van der Waals surface area contributed by atoms with Gasteiger partial charge in [-0.05, 0) is 31.0 Å². The lowest BCUT2D eigenvalue weighted by Gasteiger charge is -2.32. The van der Waals surface area contributed by atoms with Gasteiger partial charge in [-0.1, -0.05) is 0 Å². The maximum Gasteiger partial charge on any atom is 0.335 e. The fourth-order valence-corrected chi connectivity index (χ4v) is 2.72. The zero-order valence-corrected chi connectivity index (χ0v) is 14.0. The minimum absolute atomic E-state index is 0.0157. The molecule has 136 valence electrons. The summed E-state index contributed by atoms with van der Waals surface area (Å²) in [6, 6.07) is 3.03. The molecule has 25 heavy (non-hydrogen) atoms. The molecule has 0 saturated carbocycles. The number of amides is 2. The van der Waals surface area contributed by atoms with Crippen molar-refractivity contribution in [1.82, 2.24) is 10.2 Å². The van der Waals surface area contributed by atoms with Crippen LogP contribution in [0.4, 0.5) is 4.39 Å². The monoisotopic (exact) mass is 352 g/mol. The Balaban J connectivity index is 1.88. The summed E-state index contributed by atoms with van der Waals surface area (Å²) in [5.41, 5.74) is -0.402. The third-order valence-corrected chi connectivity index (χ3v) is 4.16. The molecule has 1 aromatic rings. The summed E-state index contributed by atoms with van der Waals surface area (Å²) in [6.07, 6.45) is 1.49. The SMILES string of the molecule is COCCC(=O)N1CCC(NC(=O)c2ccc(C(=O)O)cc2F)CC1. The third-order valence-electron chi connectivity index (χ3n) is 4.16. The van der Waals surface area contributed by atoms with Gasteiger partial charge in [-0.3, -0.25) is 9.59 Å². The number of benzene rings is 1. The molecule has 0 aromatic heterocycles. The van der Waals surface area contributed by atoms with Crippen LogP contribution in [0.1, 0.15) is 40.0 Å². The van der Waals surface area contributed by atoms with Crippen LogP contribution >= 0.6 is 0 Å². The molecule has 0 spiro atoms. The maximum absolute atomic E-state index is 13.9. The fourth-order valence-electron chi connectivity index (χ4n) is 2.72. The first-order valence-electron chi connectivity index (χ1n) is 8.02. The van der Waals surface area contributed by atoms with E-state index in [2.05, 4.69) is 5.32 Å². The molecule has 7 nitrogen and oxygen atoms in total. The maximum atomic E-state index is 13.9. The topological polar surface area (TPSA) is 95.9 Å². The number of carbonyl (C=O) groups is 3. The number of nitrogens with one attached hydrogen (secondary N) is 1. The molecule has 1 aromatic carbocycles. The van der Waals surface area contributed by atoms with Crippen LogP contribution in [0.25, 0.3) is 0 Å². The highest BCUT2D eigenvalue weighted by atomic mass is 19.1. The van der Waals surface area contributed by atoms with Gasteiger partial charge in [0.05, 0.1) is 24.2 Å². The summed E-state index contributed by atoms with van der Waals surface area (Å²) in [5.74, 6) is -2.69. The molecule has 0 radical (unpaired) electrons. The number of carbonyl (C=O) groups excluding carboxylic acids is 2. The molecule has 1 aliphatic heterocycles. The van der Waals surface area contributed by atoms with Gasteiger partial charge in [-0.2, -0.15) is 0 Å².